The van der Waals surface area contributed by atoms with Gasteiger partial charge in [0.1, 0.15) is 5.76 Å². The third-order valence-electron chi connectivity index (χ3n) is 4.39. The van der Waals surface area contributed by atoms with Gasteiger partial charge >= 0.3 is 0 Å². The molecule has 20 heavy (non-hydrogen) atoms. The molecular weight excluding hydrogens is 254 g/mol. The molecule has 0 amide bonds. The van der Waals surface area contributed by atoms with Gasteiger partial charge < -0.3 is 14.3 Å². The van der Waals surface area contributed by atoms with Crippen molar-refractivity contribution in [3.8, 4) is 11.4 Å². The normalized spacial score (nSPS) is 20.2. The van der Waals surface area contributed by atoms with Crippen molar-refractivity contribution in [2.75, 3.05) is 13.1 Å². The van der Waals surface area contributed by atoms with Gasteiger partial charge in [0, 0.05) is 5.41 Å². The summed E-state index contributed by atoms with van der Waals surface area (Å²) in [6, 6.07) is 1.87. The van der Waals surface area contributed by atoms with E-state index in [1.807, 2.05) is 13.0 Å². The zero-order chi connectivity index (χ0) is 14.2. The molecular formula is C15H21N3O2. The zero-order valence-electron chi connectivity index (χ0n) is 12.3. The predicted molar refractivity (Wildman–Crippen MR) is 75.4 cm³/mol. The van der Waals surface area contributed by atoms with E-state index in [1.54, 1.807) is 6.26 Å². The van der Waals surface area contributed by atoms with Crippen LogP contribution in [-0.4, -0.2) is 23.2 Å². The Kier molecular flexibility index (Phi) is 3.38. The lowest BCUT2D eigenvalue weighted by Gasteiger charge is -2.34. The second-order valence-electron chi connectivity index (χ2n) is 6.08. The maximum absolute atomic E-state index is 5.53. The van der Waals surface area contributed by atoms with Gasteiger partial charge in [-0.05, 0) is 44.8 Å². The lowest BCUT2D eigenvalue weighted by molar-refractivity contribution is 0.196. The topological polar surface area (TPSA) is 64.1 Å². The first-order chi connectivity index (χ1) is 9.59. The Morgan fingerprint density at radius 1 is 1.40 bits per heavy atom. The summed E-state index contributed by atoms with van der Waals surface area (Å²) in [6.45, 7) is 8.39. The zero-order valence-corrected chi connectivity index (χ0v) is 12.3. The Labute approximate surface area is 118 Å². The first-order valence-corrected chi connectivity index (χ1v) is 7.18. The van der Waals surface area contributed by atoms with Crippen molar-refractivity contribution in [1.82, 2.24) is 15.5 Å². The predicted octanol–water partition coefficient (Wildman–Crippen LogP) is 2.92. The fourth-order valence-corrected chi connectivity index (χ4v) is 2.85. The van der Waals surface area contributed by atoms with Gasteiger partial charge in [0.15, 0.2) is 0 Å². The minimum atomic E-state index is -0.115. The molecule has 0 saturated carbocycles. The highest BCUT2D eigenvalue weighted by Gasteiger charge is 2.37. The molecule has 0 spiro atoms. The molecule has 1 saturated heterocycles. The summed E-state index contributed by atoms with van der Waals surface area (Å²) in [5.41, 5.74) is 0.786. The molecule has 1 aliphatic heterocycles. The van der Waals surface area contributed by atoms with Crippen LogP contribution in [0.25, 0.3) is 11.4 Å². The fraction of sp³-hybridized carbons (Fsp3) is 0.600. The molecule has 0 bridgehead atoms. The molecule has 0 radical (unpaired) electrons. The Morgan fingerprint density at radius 2 is 2.25 bits per heavy atom. The van der Waals surface area contributed by atoms with Crippen molar-refractivity contribution in [1.29, 1.82) is 0 Å². The van der Waals surface area contributed by atoms with Crippen LogP contribution in [0, 0.1) is 12.8 Å². The lowest BCUT2D eigenvalue weighted by Crippen LogP contribution is -2.40. The maximum Gasteiger partial charge on any atom is 0.232 e. The van der Waals surface area contributed by atoms with Crippen LogP contribution in [0.5, 0.6) is 0 Å². The minimum Gasteiger partial charge on any atom is -0.469 e. The van der Waals surface area contributed by atoms with E-state index >= 15 is 0 Å². The van der Waals surface area contributed by atoms with E-state index < -0.39 is 0 Å². The van der Waals surface area contributed by atoms with Gasteiger partial charge in [-0.3, -0.25) is 0 Å². The van der Waals surface area contributed by atoms with E-state index in [0.717, 1.165) is 24.4 Å². The van der Waals surface area contributed by atoms with E-state index in [0.29, 0.717) is 17.6 Å². The summed E-state index contributed by atoms with van der Waals surface area (Å²) in [7, 11) is 0. The van der Waals surface area contributed by atoms with E-state index in [9.17, 15) is 0 Å². The van der Waals surface area contributed by atoms with Crippen molar-refractivity contribution in [3.63, 3.8) is 0 Å². The molecule has 1 atom stereocenters. The smallest absolute Gasteiger partial charge is 0.232 e. The van der Waals surface area contributed by atoms with Gasteiger partial charge in [-0.2, -0.15) is 4.98 Å². The van der Waals surface area contributed by atoms with Crippen molar-refractivity contribution < 1.29 is 8.94 Å². The van der Waals surface area contributed by atoms with Gasteiger partial charge in [-0.25, -0.2) is 0 Å². The van der Waals surface area contributed by atoms with Crippen LogP contribution < -0.4 is 5.32 Å². The van der Waals surface area contributed by atoms with Crippen molar-refractivity contribution in [3.05, 3.63) is 24.0 Å². The first kappa shape index (κ1) is 13.4. The third kappa shape index (κ3) is 2.26. The van der Waals surface area contributed by atoms with Crippen molar-refractivity contribution in [2.24, 2.45) is 5.92 Å². The average molecular weight is 275 g/mol. The molecule has 1 unspecified atom stereocenters. The molecule has 3 heterocycles. The Morgan fingerprint density at radius 3 is 2.90 bits per heavy atom. The highest BCUT2D eigenvalue weighted by molar-refractivity contribution is 5.56. The number of aromatic nitrogens is 2. The van der Waals surface area contributed by atoms with Crippen LogP contribution in [0.15, 0.2) is 21.3 Å². The minimum absolute atomic E-state index is 0.115. The van der Waals surface area contributed by atoms with Crippen LogP contribution in [0.2, 0.25) is 0 Å². The van der Waals surface area contributed by atoms with E-state index in [-0.39, 0.29) is 5.41 Å². The molecule has 2 aromatic rings. The monoisotopic (exact) mass is 275 g/mol. The van der Waals surface area contributed by atoms with Crippen LogP contribution in [-0.2, 0) is 5.41 Å². The molecule has 2 aromatic heterocycles. The summed E-state index contributed by atoms with van der Waals surface area (Å²) in [5.74, 6) is 2.66. The van der Waals surface area contributed by atoms with Crippen LogP contribution in [0.4, 0.5) is 0 Å². The molecule has 1 aliphatic rings. The van der Waals surface area contributed by atoms with Gasteiger partial charge in [-0.15, -0.1) is 0 Å². The molecule has 5 nitrogen and oxygen atoms in total. The fourth-order valence-electron chi connectivity index (χ4n) is 2.85. The van der Waals surface area contributed by atoms with Crippen LogP contribution >= 0.6 is 0 Å². The number of aryl methyl sites for hydroxylation is 1. The quantitative estimate of drug-likeness (QED) is 0.933. The lowest BCUT2D eigenvalue weighted by atomic mass is 9.75. The van der Waals surface area contributed by atoms with Crippen LogP contribution in [0.3, 0.4) is 0 Å². The van der Waals surface area contributed by atoms with E-state index in [4.69, 9.17) is 8.94 Å². The number of nitrogens with zero attached hydrogens (tertiary/aromatic N) is 2. The number of hydrogen-bond acceptors (Lipinski definition) is 5. The Bertz CT molecular complexity index is 579. The van der Waals surface area contributed by atoms with Gasteiger partial charge in [-0.1, -0.05) is 19.0 Å². The molecule has 1 N–H and O–H groups in total. The van der Waals surface area contributed by atoms with Gasteiger partial charge in [0.05, 0.1) is 11.8 Å². The van der Waals surface area contributed by atoms with E-state index in [1.165, 1.54) is 12.8 Å². The third-order valence-corrected chi connectivity index (χ3v) is 4.39. The van der Waals surface area contributed by atoms with E-state index in [2.05, 4.69) is 29.3 Å². The number of hydrogen-bond donors (Lipinski definition) is 1. The number of furan rings is 1. The summed E-state index contributed by atoms with van der Waals surface area (Å²) < 4.78 is 10.8. The number of piperidine rings is 1. The summed E-state index contributed by atoms with van der Waals surface area (Å²) >= 11 is 0. The Balaban J connectivity index is 1.87. The average Bonchev–Trinajstić information content (AvgIpc) is 3.08. The second kappa shape index (κ2) is 5.05. The largest absolute Gasteiger partial charge is 0.469 e. The SMILES string of the molecule is Cc1occc1-c1noc(C(C)(C)C2CCCNC2)n1. The molecule has 3 rings (SSSR count). The van der Waals surface area contributed by atoms with Crippen molar-refractivity contribution >= 4 is 0 Å². The van der Waals surface area contributed by atoms with Crippen molar-refractivity contribution in [2.45, 2.75) is 39.0 Å². The maximum atomic E-state index is 5.53. The summed E-state index contributed by atoms with van der Waals surface area (Å²) in [6.07, 6.45) is 4.05. The second-order valence-corrected chi connectivity index (χ2v) is 6.08. The summed E-state index contributed by atoms with van der Waals surface area (Å²) in [4.78, 5) is 4.59. The highest BCUT2D eigenvalue weighted by atomic mass is 16.5. The molecule has 1 fully saturated rings. The molecule has 5 heteroatoms. The molecule has 0 aromatic carbocycles. The molecule has 0 aliphatic carbocycles. The first-order valence-electron chi connectivity index (χ1n) is 7.18. The summed E-state index contributed by atoms with van der Waals surface area (Å²) in [5, 5.41) is 7.56. The number of nitrogens with one attached hydrogen (secondary N) is 1. The standard InChI is InChI=1S/C15H21N3O2/c1-10-12(6-8-19-10)13-17-14(20-18-13)15(2,3)11-5-4-7-16-9-11/h6,8,11,16H,4-5,7,9H2,1-3H3. The Hall–Kier alpha value is -1.62. The van der Waals surface area contributed by atoms with Gasteiger partial charge in [0.2, 0.25) is 11.7 Å². The highest BCUT2D eigenvalue weighted by Crippen LogP contribution is 2.35. The number of rotatable bonds is 3. The van der Waals surface area contributed by atoms with Gasteiger partial charge in [0.25, 0.3) is 0 Å². The van der Waals surface area contributed by atoms with Crippen LogP contribution in [0.1, 0.15) is 38.3 Å². The molecule has 108 valence electrons.